The van der Waals surface area contributed by atoms with Gasteiger partial charge < -0.3 is 9.32 Å². The third-order valence-corrected chi connectivity index (χ3v) is 6.97. The Labute approximate surface area is 166 Å². The monoisotopic (exact) mass is 400 g/mol. The number of amides is 1. The average Bonchev–Trinajstić information content (AvgIpc) is 3.20. The maximum atomic E-state index is 12.9. The van der Waals surface area contributed by atoms with Crippen molar-refractivity contribution in [3.8, 4) is 12.3 Å². The lowest BCUT2D eigenvalue weighted by molar-refractivity contribution is 0.0755. The van der Waals surface area contributed by atoms with Crippen molar-refractivity contribution in [1.29, 1.82) is 0 Å². The SMILES string of the molecule is C#CCN(Cc1ccco1)C(=O)c1ccc(S(=O)(=O)N2CCCCC2C)cc1. The van der Waals surface area contributed by atoms with Gasteiger partial charge in [-0.1, -0.05) is 12.3 Å². The lowest BCUT2D eigenvalue weighted by atomic mass is 10.1. The van der Waals surface area contributed by atoms with Crippen LogP contribution in [0, 0.1) is 12.3 Å². The molecule has 0 spiro atoms. The highest BCUT2D eigenvalue weighted by Crippen LogP contribution is 2.25. The number of sulfonamides is 1. The molecule has 1 saturated heterocycles. The summed E-state index contributed by atoms with van der Waals surface area (Å²) in [7, 11) is -3.56. The molecule has 1 atom stereocenters. The van der Waals surface area contributed by atoms with Gasteiger partial charge in [-0.05, 0) is 56.2 Å². The Morgan fingerprint density at radius 1 is 1.29 bits per heavy atom. The van der Waals surface area contributed by atoms with Gasteiger partial charge >= 0.3 is 0 Å². The van der Waals surface area contributed by atoms with Crippen LogP contribution in [0.15, 0.2) is 52.0 Å². The minimum absolute atomic E-state index is 0.0144. The normalized spacial score (nSPS) is 17.8. The molecule has 1 aliphatic rings. The highest BCUT2D eigenvalue weighted by molar-refractivity contribution is 7.89. The molecule has 6 nitrogen and oxygen atoms in total. The number of terminal acetylenes is 1. The predicted octanol–water partition coefficient (Wildman–Crippen LogP) is 3.12. The van der Waals surface area contributed by atoms with Crippen molar-refractivity contribution >= 4 is 15.9 Å². The lowest BCUT2D eigenvalue weighted by Crippen LogP contribution is -2.41. The van der Waals surface area contributed by atoms with Crippen LogP contribution in [0.4, 0.5) is 0 Å². The lowest BCUT2D eigenvalue weighted by Gasteiger charge is -2.32. The van der Waals surface area contributed by atoms with E-state index in [2.05, 4.69) is 5.92 Å². The van der Waals surface area contributed by atoms with E-state index < -0.39 is 10.0 Å². The summed E-state index contributed by atoms with van der Waals surface area (Å²) in [4.78, 5) is 14.5. The zero-order valence-corrected chi connectivity index (χ0v) is 16.7. The standard InChI is InChI=1S/C21H24N2O4S/c1-3-13-22(16-19-8-6-15-27-19)21(24)18-9-11-20(12-10-18)28(25,26)23-14-5-4-7-17(23)2/h1,6,8-12,15,17H,4-5,7,13-14,16H2,2H3. The fraction of sp³-hybridized carbons (Fsp3) is 0.381. The first-order valence-corrected chi connectivity index (χ1v) is 10.7. The smallest absolute Gasteiger partial charge is 0.255 e. The second-order valence-electron chi connectivity index (χ2n) is 6.93. The minimum atomic E-state index is -3.56. The van der Waals surface area contributed by atoms with E-state index in [1.807, 2.05) is 6.92 Å². The van der Waals surface area contributed by atoms with Crippen LogP contribution in [-0.4, -0.2) is 42.7 Å². The summed E-state index contributed by atoms with van der Waals surface area (Å²) in [5, 5.41) is 0. The van der Waals surface area contributed by atoms with Gasteiger partial charge in [0, 0.05) is 18.2 Å². The van der Waals surface area contributed by atoms with E-state index >= 15 is 0 Å². The van der Waals surface area contributed by atoms with Crippen molar-refractivity contribution < 1.29 is 17.6 Å². The molecule has 0 saturated carbocycles. The molecule has 0 radical (unpaired) electrons. The summed E-state index contributed by atoms with van der Waals surface area (Å²) in [6, 6.07) is 9.56. The molecule has 7 heteroatoms. The van der Waals surface area contributed by atoms with Crippen molar-refractivity contribution in [1.82, 2.24) is 9.21 Å². The first kappa shape index (κ1) is 20.2. The van der Waals surface area contributed by atoms with Crippen molar-refractivity contribution in [2.24, 2.45) is 0 Å². The van der Waals surface area contributed by atoms with Gasteiger partial charge in [0.1, 0.15) is 5.76 Å². The van der Waals surface area contributed by atoms with Gasteiger partial charge in [0.05, 0.1) is 24.2 Å². The van der Waals surface area contributed by atoms with E-state index in [0.29, 0.717) is 17.9 Å². The second kappa shape index (κ2) is 8.63. The zero-order valence-electron chi connectivity index (χ0n) is 15.9. The number of furan rings is 1. The van der Waals surface area contributed by atoms with Crippen molar-refractivity contribution in [3.63, 3.8) is 0 Å². The molecule has 148 valence electrons. The zero-order chi connectivity index (χ0) is 20.1. The largest absolute Gasteiger partial charge is 0.467 e. The molecule has 1 aromatic carbocycles. The quantitative estimate of drug-likeness (QED) is 0.699. The molecule has 1 unspecified atom stereocenters. The van der Waals surface area contributed by atoms with E-state index in [1.54, 1.807) is 16.4 Å². The number of hydrogen-bond donors (Lipinski definition) is 0. The molecule has 0 bridgehead atoms. The molecular weight excluding hydrogens is 376 g/mol. The van der Waals surface area contributed by atoms with Crippen LogP contribution in [0.25, 0.3) is 0 Å². The van der Waals surface area contributed by atoms with Crippen LogP contribution in [0.1, 0.15) is 42.3 Å². The third-order valence-electron chi connectivity index (χ3n) is 4.95. The molecule has 2 heterocycles. The molecule has 1 aromatic heterocycles. The Morgan fingerprint density at radius 2 is 2.04 bits per heavy atom. The second-order valence-corrected chi connectivity index (χ2v) is 8.82. The number of piperidine rings is 1. The maximum absolute atomic E-state index is 12.9. The van der Waals surface area contributed by atoms with Gasteiger partial charge in [-0.15, -0.1) is 6.42 Å². The van der Waals surface area contributed by atoms with E-state index in [9.17, 15) is 13.2 Å². The first-order chi connectivity index (χ1) is 13.4. The fourth-order valence-corrected chi connectivity index (χ4v) is 5.12. The van der Waals surface area contributed by atoms with Gasteiger partial charge in [0.25, 0.3) is 5.91 Å². The number of nitrogens with zero attached hydrogens (tertiary/aromatic N) is 2. The van der Waals surface area contributed by atoms with E-state index in [-0.39, 0.29) is 29.9 Å². The number of hydrogen-bond acceptors (Lipinski definition) is 4. The van der Waals surface area contributed by atoms with Gasteiger partial charge in [0.2, 0.25) is 10.0 Å². The predicted molar refractivity (Wildman–Crippen MR) is 106 cm³/mol. The molecule has 2 aromatic rings. The summed E-state index contributed by atoms with van der Waals surface area (Å²) in [6.07, 6.45) is 9.71. The summed E-state index contributed by atoms with van der Waals surface area (Å²) >= 11 is 0. The first-order valence-electron chi connectivity index (χ1n) is 9.30. The van der Waals surface area contributed by atoms with Gasteiger partial charge in [-0.2, -0.15) is 4.31 Å². The number of carbonyl (C=O) groups is 1. The Morgan fingerprint density at radius 3 is 2.64 bits per heavy atom. The van der Waals surface area contributed by atoms with Gasteiger partial charge in [0.15, 0.2) is 0 Å². The van der Waals surface area contributed by atoms with Gasteiger partial charge in [-0.3, -0.25) is 4.79 Å². The Balaban J connectivity index is 1.78. The molecular formula is C21H24N2O4S. The van der Waals surface area contributed by atoms with Crippen molar-refractivity contribution in [2.75, 3.05) is 13.1 Å². The summed E-state index contributed by atoms with van der Waals surface area (Å²) in [5.41, 5.74) is 0.382. The Bertz CT molecular complexity index is 943. The molecule has 28 heavy (non-hydrogen) atoms. The highest BCUT2D eigenvalue weighted by Gasteiger charge is 2.31. The van der Waals surface area contributed by atoms with E-state index in [1.165, 1.54) is 35.4 Å². The van der Waals surface area contributed by atoms with Crippen LogP contribution < -0.4 is 0 Å². The summed E-state index contributed by atoms with van der Waals surface area (Å²) in [5.74, 6) is 2.83. The summed E-state index contributed by atoms with van der Waals surface area (Å²) in [6.45, 7) is 2.84. The Hall–Kier alpha value is -2.56. The highest BCUT2D eigenvalue weighted by atomic mass is 32.2. The maximum Gasteiger partial charge on any atom is 0.255 e. The van der Waals surface area contributed by atoms with Gasteiger partial charge in [-0.25, -0.2) is 8.42 Å². The molecule has 1 fully saturated rings. The average molecular weight is 401 g/mol. The van der Waals surface area contributed by atoms with Crippen LogP contribution in [0.2, 0.25) is 0 Å². The van der Waals surface area contributed by atoms with Crippen LogP contribution in [-0.2, 0) is 16.6 Å². The van der Waals surface area contributed by atoms with Crippen molar-refractivity contribution in [3.05, 3.63) is 54.0 Å². The molecule has 1 aliphatic heterocycles. The van der Waals surface area contributed by atoms with Crippen LogP contribution in [0.5, 0.6) is 0 Å². The minimum Gasteiger partial charge on any atom is -0.467 e. The van der Waals surface area contributed by atoms with Crippen LogP contribution in [0.3, 0.4) is 0 Å². The fourth-order valence-electron chi connectivity index (χ4n) is 3.42. The molecule has 1 amide bonds. The summed E-state index contributed by atoms with van der Waals surface area (Å²) < 4.78 is 32.7. The van der Waals surface area contributed by atoms with E-state index in [4.69, 9.17) is 10.8 Å². The number of benzene rings is 1. The van der Waals surface area contributed by atoms with Crippen molar-refractivity contribution in [2.45, 2.75) is 43.7 Å². The molecule has 0 N–H and O–H groups in total. The number of rotatable bonds is 6. The molecule has 0 aliphatic carbocycles. The molecule has 3 rings (SSSR count). The Kier molecular flexibility index (Phi) is 6.22. The number of carbonyl (C=O) groups excluding carboxylic acids is 1. The van der Waals surface area contributed by atoms with Crippen LogP contribution >= 0.6 is 0 Å². The van der Waals surface area contributed by atoms with E-state index in [0.717, 1.165) is 19.3 Å². The topological polar surface area (TPSA) is 70.8 Å². The third kappa shape index (κ3) is 4.29.